The second kappa shape index (κ2) is 13.5. The van der Waals surface area contributed by atoms with Crippen LogP contribution >= 0.6 is 0 Å². The Morgan fingerprint density at radius 2 is 1.95 bits per heavy atom. The van der Waals surface area contributed by atoms with Gasteiger partial charge in [-0.25, -0.2) is 0 Å². The van der Waals surface area contributed by atoms with E-state index in [0.717, 1.165) is 48.5 Å². The van der Waals surface area contributed by atoms with Gasteiger partial charge >= 0.3 is 12.1 Å². The highest BCUT2D eigenvalue weighted by molar-refractivity contribution is 5.83. The molecule has 0 radical (unpaired) electrons. The number of rotatable bonds is 12. The number of hydrogen-bond acceptors (Lipinski definition) is 5. The third-order valence-corrected chi connectivity index (χ3v) is 8.06. The maximum absolute atomic E-state index is 13.3. The molecule has 2 aromatic carbocycles. The minimum absolute atomic E-state index is 0.0429. The number of aliphatic carboxylic acids is 1. The molecule has 216 valence electrons. The molecule has 3 atom stereocenters. The lowest BCUT2D eigenvalue weighted by Crippen LogP contribution is -2.41. The van der Waals surface area contributed by atoms with Crippen LogP contribution in [0.25, 0.3) is 10.9 Å². The third kappa shape index (κ3) is 7.73. The highest BCUT2D eigenvalue weighted by atomic mass is 19.4. The number of carbonyl (C=O) groups is 1. The first kappa shape index (κ1) is 29.8. The van der Waals surface area contributed by atoms with Crippen LogP contribution in [0, 0.1) is 11.8 Å². The third-order valence-electron chi connectivity index (χ3n) is 8.06. The molecule has 6 nitrogen and oxygen atoms in total. The van der Waals surface area contributed by atoms with Crippen molar-refractivity contribution in [2.45, 2.75) is 57.2 Å². The zero-order chi connectivity index (χ0) is 28.7. The van der Waals surface area contributed by atoms with Gasteiger partial charge in [-0.1, -0.05) is 18.2 Å². The molecule has 1 aromatic heterocycles. The predicted octanol–water partition coefficient (Wildman–Crippen LogP) is 6.51. The van der Waals surface area contributed by atoms with Crippen LogP contribution in [0.4, 0.5) is 13.2 Å². The fourth-order valence-electron chi connectivity index (χ4n) is 5.95. The summed E-state index contributed by atoms with van der Waals surface area (Å²) < 4.78 is 45.1. The molecule has 1 saturated heterocycles. The second-order valence-electron chi connectivity index (χ2n) is 10.7. The summed E-state index contributed by atoms with van der Waals surface area (Å²) in [6.07, 6.45) is 0.456. The number of unbranched alkanes of at least 4 members (excludes halogenated alkanes) is 1. The SMILES string of the molecule is COc1ccc2nccc([C@@H](O)CC[C@@H]3CCN(CCCCc4ccccc4C(F)(F)F)C[C@@H]3CC(=O)O)c2c1. The average molecular weight is 559 g/mol. The Morgan fingerprint density at radius 3 is 2.70 bits per heavy atom. The lowest BCUT2D eigenvalue weighted by atomic mass is 9.79. The van der Waals surface area contributed by atoms with Gasteiger partial charge in [0.15, 0.2) is 0 Å². The van der Waals surface area contributed by atoms with Crippen molar-refractivity contribution < 1.29 is 32.9 Å². The number of fused-ring (bicyclic) bond motifs is 1. The predicted molar refractivity (Wildman–Crippen MR) is 147 cm³/mol. The van der Waals surface area contributed by atoms with E-state index in [2.05, 4.69) is 9.88 Å². The van der Waals surface area contributed by atoms with Gasteiger partial charge in [0.2, 0.25) is 0 Å². The fourth-order valence-corrected chi connectivity index (χ4v) is 5.95. The van der Waals surface area contributed by atoms with Gasteiger partial charge in [0.1, 0.15) is 5.75 Å². The van der Waals surface area contributed by atoms with Gasteiger partial charge in [0.25, 0.3) is 0 Å². The molecule has 0 spiro atoms. The Hall–Kier alpha value is -3.17. The number of carboxylic acids is 1. The van der Waals surface area contributed by atoms with Crippen LogP contribution in [-0.2, 0) is 17.4 Å². The monoisotopic (exact) mass is 558 g/mol. The van der Waals surface area contributed by atoms with Crippen molar-refractivity contribution in [1.82, 2.24) is 9.88 Å². The minimum atomic E-state index is -4.35. The van der Waals surface area contributed by atoms with Crippen LogP contribution in [0.1, 0.15) is 61.3 Å². The van der Waals surface area contributed by atoms with Crippen molar-refractivity contribution in [3.8, 4) is 5.75 Å². The molecule has 0 bridgehead atoms. The summed E-state index contributed by atoms with van der Waals surface area (Å²) >= 11 is 0. The number of aliphatic hydroxyl groups excluding tert-OH is 1. The molecule has 40 heavy (non-hydrogen) atoms. The van der Waals surface area contributed by atoms with Crippen LogP contribution in [0.5, 0.6) is 5.75 Å². The van der Waals surface area contributed by atoms with E-state index in [9.17, 15) is 28.2 Å². The van der Waals surface area contributed by atoms with E-state index in [-0.39, 0.29) is 18.3 Å². The number of piperidine rings is 1. The molecule has 9 heteroatoms. The number of ether oxygens (including phenoxy) is 1. The Kier molecular flexibility index (Phi) is 10.0. The van der Waals surface area contributed by atoms with Crippen LogP contribution in [-0.4, -0.2) is 52.8 Å². The number of nitrogens with zero attached hydrogens (tertiary/aromatic N) is 2. The molecule has 1 aliphatic rings. The van der Waals surface area contributed by atoms with E-state index in [1.54, 1.807) is 19.4 Å². The lowest BCUT2D eigenvalue weighted by molar-refractivity contribution is -0.139. The van der Waals surface area contributed by atoms with Crippen molar-refractivity contribution in [3.05, 3.63) is 71.4 Å². The maximum atomic E-state index is 13.3. The van der Waals surface area contributed by atoms with Crippen molar-refractivity contribution in [1.29, 1.82) is 0 Å². The molecular weight excluding hydrogens is 521 g/mol. The van der Waals surface area contributed by atoms with E-state index in [1.165, 1.54) is 12.1 Å². The molecule has 0 saturated carbocycles. The van der Waals surface area contributed by atoms with Crippen molar-refractivity contribution >= 4 is 16.9 Å². The van der Waals surface area contributed by atoms with Gasteiger partial charge in [0, 0.05) is 24.5 Å². The van der Waals surface area contributed by atoms with Crippen LogP contribution < -0.4 is 4.74 Å². The van der Waals surface area contributed by atoms with E-state index in [1.807, 2.05) is 24.3 Å². The molecule has 1 aliphatic heterocycles. The molecule has 3 aromatic rings. The smallest absolute Gasteiger partial charge is 0.416 e. The number of hydrogen-bond donors (Lipinski definition) is 2. The van der Waals surface area contributed by atoms with Crippen LogP contribution in [0.15, 0.2) is 54.7 Å². The summed E-state index contributed by atoms with van der Waals surface area (Å²) in [7, 11) is 1.59. The zero-order valence-electron chi connectivity index (χ0n) is 22.7. The number of aryl methyl sites for hydroxylation is 1. The van der Waals surface area contributed by atoms with Crippen LogP contribution in [0.3, 0.4) is 0 Å². The summed E-state index contributed by atoms with van der Waals surface area (Å²) in [4.78, 5) is 18.3. The number of halogens is 3. The first-order valence-corrected chi connectivity index (χ1v) is 13.9. The minimum Gasteiger partial charge on any atom is -0.497 e. The summed E-state index contributed by atoms with van der Waals surface area (Å²) in [5.74, 6) is -0.0252. The van der Waals surface area contributed by atoms with Crippen LogP contribution in [0.2, 0.25) is 0 Å². The second-order valence-corrected chi connectivity index (χ2v) is 10.7. The number of alkyl halides is 3. The van der Waals surface area contributed by atoms with E-state index in [4.69, 9.17) is 4.74 Å². The van der Waals surface area contributed by atoms with Gasteiger partial charge in [-0.2, -0.15) is 13.2 Å². The number of methoxy groups -OCH3 is 1. The number of likely N-dealkylation sites (tertiary alicyclic amines) is 1. The largest absolute Gasteiger partial charge is 0.497 e. The number of carboxylic acid groups (broad SMARTS) is 1. The van der Waals surface area contributed by atoms with E-state index >= 15 is 0 Å². The summed E-state index contributed by atoms with van der Waals surface area (Å²) in [5.41, 5.74) is 1.30. The number of aliphatic hydroxyl groups is 1. The van der Waals surface area contributed by atoms with Gasteiger partial charge in [0.05, 0.1) is 24.3 Å². The first-order valence-electron chi connectivity index (χ1n) is 13.9. The highest BCUT2D eigenvalue weighted by Crippen LogP contribution is 2.35. The highest BCUT2D eigenvalue weighted by Gasteiger charge is 2.33. The normalized spacial score (nSPS) is 19.0. The summed E-state index contributed by atoms with van der Waals surface area (Å²) in [6.45, 7) is 2.18. The van der Waals surface area contributed by atoms with E-state index < -0.39 is 23.8 Å². The number of aromatic nitrogens is 1. The molecule has 2 N–H and O–H groups in total. The van der Waals surface area contributed by atoms with Gasteiger partial charge in [-0.05, 0) is 105 Å². The van der Waals surface area contributed by atoms with Gasteiger partial charge in [-0.3, -0.25) is 9.78 Å². The van der Waals surface area contributed by atoms with E-state index in [0.29, 0.717) is 43.5 Å². The molecule has 0 unspecified atom stereocenters. The molecule has 0 amide bonds. The Morgan fingerprint density at radius 1 is 1.15 bits per heavy atom. The molecular formula is C31H37F3N2O4. The number of pyridine rings is 1. The zero-order valence-corrected chi connectivity index (χ0v) is 22.7. The van der Waals surface area contributed by atoms with Gasteiger partial charge < -0.3 is 19.8 Å². The quantitative estimate of drug-likeness (QED) is 0.247. The molecule has 2 heterocycles. The Bertz CT molecular complexity index is 1280. The fraction of sp³-hybridized carbons (Fsp3) is 0.484. The Balaban J connectivity index is 1.31. The number of benzene rings is 2. The standard InChI is InChI=1S/C31H37F3N2O4/c1-40-24-10-11-28-26(19-24)25(13-15-35-28)29(37)12-9-21-14-17-36(20-23(21)18-30(38)39)16-5-4-7-22-6-2-3-8-27(22)31(32,33)34/h2-3,6,8,10-11,13,15,19,21,23,29,37H,4-5,7,9,12,14,16-18,20H2,1H3,(H,38,39)/t21-,23+,29+/m1/s1. The lowest BCUT2D eigenvalue weighted by Gasteiger charge is -2.38. The molecule has 0 aliphatic carbocycles. The summed E-state index contributed by atoms with van der Waals surface area (Å²) in [6, 6.07) is 13.1. The molecule has 4 rings (SSSR count). The molecule has 1 fully saturated rings. The van der Waals surface area contributed by atoms with Gasteiger partial charge in [-0.15, -0.1) is 0 Å². The maximum Gasteiger partial charge on any atom is 0.416 e. The van der Waals surface area contributed by atoms with Crippen molar-refractivity contribution in [2.24, 2.45) is 11.8 Å². The van der Waals surface area contributed by atoms with Crippen molar-refractivity contribution in [2.75, 3.05) is 26.7 Å². The Labute approximate surface area is 232 Å². The topological polar surface area (TPSA) is 82.9 Å². The average Bonchev–Trinajstić information content (AvgIpc) is 2.93. The van der Waals surface area contributed by atoms with Crippen molar-refractivity contribution in [3.63, 3.8) is 0 Å². The summed E-state index contributed by atoms with van der Waals surface area (Å²) in [5, 5.41) is 21.5. The first-order chi connectivity index (χ1) is 19.2.